The molecule has 6 heteroatoms. The number of nitrogens with zero attached hydrogens (tertiary/aromatic N) is 2. The molecule has 0 fully saturated rings. The van der Waals surface area contributed by atoms with Crippen molar-refractivity contribution in [2.75, 3.05) is 0 Å². The van der Waals surface area contributed by atoms with Crippen LogP contribution in [0.15, 0.2) is 48.1 Å². The Kier molecular flexibility index (Phi) is 3.46. The summed E-state index contributed by atoms with van der Waals surface area (Å²) in [5.41, 5.74) is 0. The Hall–Kier alpha value is -1.49. The summed E-state index contributed by atoms with van der Waals surface area (Å²) in [5, 5.41) is 3.71. The molecule has 1 aromatic carbocycles. The molecule has 0 aliphatic carbocycles. The molecule has 0 atom stereocenters. The van der Waals surface area contributed by atoms with Crippen LogP contribution in [-0.2, 0) is 0 Å². The van der Waals surface area contributed by atoms with E-state index in [1.165, 1.54) is 11.3 Å². The van der Waals surface area contributed by atoms with Gasteiger partial charge in [0, 0.05) is 17.4 Å². The number of aromatic nitrogens is 2. The number of benzene rings is 1. The van der Waals surface area contributed by atoms with Crippen molar-refractivity contribution >= 4 is 34.5 Å². The van der Waals surface area contributed by atoms with E-state index in [4.69, 9.17) is 27.9 Å². The summed E-state index contributed by atoms with van der Waals surface area (Å²) >= 11 is 13.4. The van der Waals surface area contributed by atoms with E-state index in [0.29, 0.717) is 21.7 Å². The lowest BCUT2D eigenvalue weighted by Crippen LogP contribution is -1.89. The first kappa shape index (κ1) is 12.5. The van der Waals surface area contributed by atoms with E-state index < -0.39 is 0 Å². The van der Waals surface area contributed by atoms with Crippen LogP contribution < -0.4 is 4.74 Å². The van der Waals surface area contributed by atoms with Crippen molar-refractivity contribution in [1.29, 1.82) is 0 Å². The van der Waals surface area contributed by atoms with Crippen molar-refractivity contribution in [2.24, 2.45) is 0 Å². The third-order valence-electron chi connectivity index (χ3n) is 2.40. The largest absolute Gasteiger partial charge is 0.437 e. The highest BCUT2D eigenvalue weighted by Gasteiger charge is 2.08. The third kappa shape index (κ3) is 2.76. The SMILES string of the molecule is Clc1ccc(Oc2csc(-n3cccc3)n2)c(Cl)c1. The Morgan fingerprint density at radius 1 is 1.16 bits per heavy atom. The van der Waals surface area contributed by atoms with E-state index >= 15 is 0 Å². The highest BCUT2D eigenvalue weighted by Crippen LogP contribution is 2.32. The molecule has 96 valence electrons. The van der Waals surface area contributed by atoms with Crippen LogP contribution in [0.2, 0.25) is 10.0 Å². The highest BCUT2D eigenvalue weighted by molar-refractivity contribution is 7.12. The zero-order valence-corrected chi connectivity index (χ0v) is 11.9. The molecule has 0 aliphatic heterocycles. The fourth-order valence-electron chi connectivity index (χ4n) is 1.55. The molecule has 0 saturated heterocycles. The van der Waals surface area contributed by atoms with E-state index in [0.717, 1.165) is 5.13 Å². The van der Waals surface area contributed by atoms with Gasteiger partial charge in [0.15, 0.2) is 5.13 Å². The molecule has 0 spiro atoms. The van der Waals surface area contributed by atoms with Gasteiger partial charge in [0.25, 0.3) is 0 Å². The molecule has 3 rings (SSSR count). The van der Waals surface area contributed by atoms with E-state index in [1.54, 1.807) is 18.2 Å². The molecule has 0 saturated carbocycles. The van der Waals surface area contributed by atoms with Gasteiger partial charge < -0.3 is 4.74 Å². The number of hydrogen-bond donors (Lipinski definition) is 0. The Morgan fingerprint density at radius 3 is 2.68 bits per heavy atom. The van der Waals surface area contributed by atoms with Crippen molar-refractivity contribution in [2.45, 2.75) is 0 Å². The van der Waals surface area contributed by atoms with Crippen molar-refractivity contribution in [3.63, 3.8) is 0 Å². The maximum absolute atomic E-state index is 6.05. The Bertz CT molecular complexity index is 694. The summed E-state index contributed by atoms with van der Waals surface area (Å²) in [5.74, 6) is 1.05. The van der Waals surface area contributed by atoms with Crippen LogP contribution in [0.25, 0.3) is 5.13 Å². The van der Waals surface area contributed by atoms with Gasteiger partial charge in [-0.05, 0) is 30.3 Å². The maximum Gasteiger partial charge on any atom is 0.232 e. The van der Waals surface area contributed by atoms with Crippen LogP contribution in [0.5, 0.6) is 11.6 Å². The Morgan fingerprint density at radius 2 is 1.95 bits per heavy atom. The minimum atomic E-state index is 0.461. The minimum absolute atomic E-state index is 0.461. The van der Waals surface area contributed by atoms with Gasteiger partial charge in [-0.3, -0.25) is 4.57 Å². The molecular formula is C13H8Cl2N2OS. The quantitative estimate of drug-likeness (QED) is 0.678. The molecule has 0 radical (unpaired) electrons. The molecule has 0 N–H and O–H groups in total. The van der Waals surface area contributed by atoms with Gasteiger partial charge in [0.05, 0.1) is 10.4 Å². The Labute approximate surface area is 124 Å². The third-order valence-corrected chi connectivity index (χ3v) is 3.77. The fraction of sp³-hybridized carbons (Fsp3) is 0. The molecule has 2 heterocycles. The number of hydrogen-bond acceptors (Lipinski definition) is 3. The number of halogens is 2. The van der Waals surface area contributed by atoms with Crippen LogP contribution >= 0.6 is 34.5 Å². The first-order chi connectivity index (χ1) is 9.22. The van der Waals surface area contributed by atoms with Crippen molar-refractivity contribution in [3.8, 4) is 16.8 Å². The second kappa shape index (κ2) is 5.25. The molecule has 0 unspecified atom stereocenters. The first-order valence-corrected chi connectivity index (χ1v) is 7.08. The van der Waals surface area contributed by atoms with Crippen LogP contribution in [0, 0.1) is 0 Å². The molecule has 19 heavy (non-hydrogen) atoms. The summed E-state index contributed by atoms with van der Waals surface area (Å²) < 4.78 is 7.56. The average Bonchev–Trinajstić information content (AvgIpc) is 3.03. The van der Waals surface area contributed by atoms with Crippen LogP contribution in [0.1, 0.15) is 0 Å². The van der Waals surface area contributed by atoms with E-state index in [9.17, 15) is 0 Å². The minimum Gasteiger partial charge on any atom is -0.437 e. The predicted molar refractivity (Wildman–Crippen MR) is 78.0 cm³/mol. The summed E-state index contributed by atoms with van der Waals surface area (Å²) in [6, 6.07) is 8.97. The molecular weight excluding hydrogens is 303 g/mol. The summed E-state index contributed by atoms with van der Waals surface area (Å²) in [6.07, 6.45) is 3.86. The van der Waals surface area contributed by atoms with Gasteiger partial charge in [-0.1, -0.05) is 23.2 Å². The molecule has 2 aromatic heterocycles. The standard InChI is InChI=1S/C13H8Cl2N2OS/c14-9-3-4-11(10(15)7-9)18-12-8-19-13(16-12)17-5-1-2-6-17/h1-8H. The van der Waals surface area contributed by atoms with Gasteiger partial charge in [-0.2, -0.15) is 4.98 Å². The monoisotopic (exact) mass is 310 g/mol. The predicted octanol–water partition coefficient (Wildman–Crippen LogP) is 5.03. The van der Waals surface area contributed by atoms with Crippen molar-refractivity contribution in [3.05, 3.63) is 58.2 Å². The lowest BCUT2D eigenvalue weighted by atomic mass is 10.3. The maximum atomic E-state index is 6.05. The molecule has 3 nitrogen and oxygen atoms in total. The van der Waals surface area contributed by atoms with Gasteiger partial charge in [-0.15, -0.1) is 11.3 Å². The number of ether oxygens (including phenoxy) is 1. The second-order valence-corrected chi connectivity index (χ2v) is 5.42. The van der Waals surface area contributed by atoms with Crippen LogP contribution in [-0.4, -0.2) is 9.55 Å². The molecule has 3 aromatic rings. The smallest absolute Gasteiger partial charge is 0.232 e. The molecule has 0 bridgehead atoms. The van der Waals surface area contributed by atoms with Gasteiger partial charge >= 0.3 is 0 Å². The first-order valence-electron chi connectivity index (χ1n) is 5.44. The number of thiazole rings is 1. The van der Waals surface area contributed by atoms with E-state index in [2.05, 4.69) is 4.98 Å². The lowest BCUT2D eigenvalue weighted by Gasteiger charge is -2.04. The summed E-state index contributed by atoms with van der Waals surface area (Å²) in [7, 11) is 0. The summed E-state index contributed by atoms with van der Waals surface area (Å²) in [4.78, 5) is 4.38. The number of rotatable bonds is 3. The van der Waals surface area contributed by atoms with Crippen LogP contribution in [0.3, 0.4) is 0 Å². The fourth-order valence-corrected chi connectivity index (χ4v) is 2.69. The Balaban J connectivity index is 1.84. The van der Waals surface area contributed by atoms with Gasteiger partial charge in [0.1, 0.15) is 5.75 Å². The summed E-state index contributed by atoms with van der Waals surface area (Å²) in [6.45, 7) is 0. The second-order valence-electron chi connectivity index (χ2n) is 3.74. The average molecular weight is 311 g/mol. The molecule has 0 aliphatic rings. The van der Waals surface area contributed by atoms with Gasteiger partial charge in [0.2, 0.25) is 5.88 Å². The highest BCUT2D eigenvalue weighted by atomic mass is 35.5. The van der Waals surface area contributed by atoms with E-state index in [1.807, 2.05) is 34.5 Å². The zero-order chi connectivity index (χ0) is 13.2. The topological polar surface area (TPSA) is 27.1 Å². The van der Waals surface area contributed by atoms with Gasteiger partial charge in [-0.25, -0.2) is 0 Å². The van der Waals surface area contributed by atoms with Crippen molar-refractivity contribution in [1.82, 2.24) is 9.55 Å². The van der Waals surface area contributed by atoms with E-state index in [-0.39, 0.29) is 0 Å². The lowest BCUT2D eigenvalue weighted by molar-refractivity contribution is 0.466. The van der Waals surface area contributed by atoms with Crippen molar-refractivity contribution < 1.29 is 4.74 Å². The van der Waals surface area contributed by atoms with Crippen LogP contribution in [0.4, 0.5) is 0 Å². The zero-order valence-electron chi connectivity index (χ0n) is 9.59. The normalized spacial score (nSPS) is 10.6. The molecule has 0 amide bonds.